The van der Waals surface area contributed by atoms with Crippen LogP contribution in [0.25, 0.3) is 11.0 Å². The molecule has 7 heteroatoms. The molecular weight excluding hydrogens is 409 g/mol. The summed E-state index contributed by atoms with van der Waals surface area (Å²) in [5.41, 5.74) is 3.80. The first-order valence-corrected chi connectivity index (χ1v) is 9.88. The molecule has 0 atom stereocenters. The topological polar surface area (TPSA) is 77.3 Å². The highest BCUT2D eigenvalue weighted by Gasteiger charge is 2.13. The Hall–Kier alpha value is -4.18. The summed E-state index contributed by atoms with van der Waals surface area (Å²) >= 11 is 0. The Balaban J connectivity index is 1.53. The molecule has 0 aliphatic carbocycles. The number of methoxy groups -OCH3 is 2. The first kappa shape index (κ1) is 21.1. The van der Waals surface area contributed by atoms with Crippen molar-refractivity contribution in [3.05, 3.63) is 88.9 Å². The molecule has 0 aliphatic heterocycles. The Bertz CT molecular complexity index is 1300. The van der Waals surface area contributed by atoms with Crippen molar-refractivity contribution in [2.24, 2.45) is 0 Å². The summed E-state index contributed by atoms with van der Waals surface area (Å²) in [5.74, 6) is 0.783. The zero-order valence-electron chi connectivity index (χ0n) is 17.6. The van der Waals surface area contributed by atoms with E-state index in [9.17, 15) is 9.65 Å². The van der Waals surface area contributed by atoms with Crippen LogP contribution in [0.15, 0.2) is 60.8 Å². The van der Waals surface area contributed by atoms with Gasteiger partial charge in [-0.05, 0) is 53.4 Å². The zero-order chi connectivity index (χ0) is 22.5. The second-order valence-corrected chi connectivity index (χ2v) is 7.07. The smallest absolute Gasteiger partial charge is 0.232 e. The van der Waals surface area contributed by atoms with Gasteiger partial charge in [-0.15, -0.1) is 0 Å². The largest absolute Gasteiger partial charge is 0.497 e. The van der Waals surface area contributed by atoms with E-state index in [4.69, 9.17) is 14.2 Å². The molecule has 3 aromatic carbocycles. The Labute approximate surface area is 184 Å². The third-order valence-electron chi connectivity index (χ3n) is 5.04. The van der Waals surface area contributed by atoms with E-state index in [1.807, 2.05) is 30.3 Å². The predicted molar refractivity (Wildman–Crippen MR) is 117 cm³/mol. The summed E-state index contributed by atoms with van der Waals surface area (Å²) in [6, 6.07) is 18.0. The fraction of sp³-hybridized carbons (Fsp3) is 0.160. The summed E-state index contributed by atoms with van der Waals surface area (Å²) < 4.78 is 30.5. The molecular formula is C25H20FN3O3. The molecule has 1 heterocycles. The first-order chi connectivity index (χ1) is 15.6. The standard InChI is InChI=1S/C25H20FN3O3/c1-30-19-7-3-16(4-8-19)15-32-23-10-5-17(12-21(23)26)11-18-6-9-22-25(20(18)13-27)29-24(31-2)14-28-22/h3-10,12,14H,11,15H2,1-2H3. The van der Waals surface area contributed by atoms with E-state index in [-0.39, 0.29) is 12.4 Å². The van der Waals surface area contributed by atoms with E-state index in [1.54, 1.807) is 25.3 Å². The number of hydrogen-bond acceptors (Lipinski definition) is 6. The molecule has 4 rings (SSSR count). The van der Waals surface area contributed by atoms with Crippen LogP contribution in [0.5, 0.6) is 17.4 Å². The number of hydrogen-bond donors (Lipinski definition) is 0. The van der Waals surface area contributed by atoms with Gasteiger partial charge in [-0.25, -0.2) is 14.4 Å². The van der Waals surface area contributed by atoms with Crippen LogP contribution in [0.4, 0.5) is 4.39 Å². The van der Waals surface area contributed by atoms with E-state index >= 15 is 0 Å². The number of nitrogens with zero attached hydrogens (tertiary/aromatic N) is 3. The second-order valence-electron chi connectivity index (χ2n) is 7.07. The molecule has 32 heavy (non-hydrogen) atoms. The van der Waals surface area contributed by atoms with Crippen molar-refractivity contribution in [1.29, 1.82) is 5.26 Å². The van der Waals surface area contributed by atoms with Crippen LogP contribution in [0.1, 0.15) is 22.3 Å². The predicted octanol–water partition coefficient (Wildman–Crippen LogP) is 4.83. The van der Waals surface area contributed by atoms with Crippen LogP contribution in [-0.2, 0) is 13.0 Å². The number of fused-ring (bicyclic) bond motifs is 1. The maximum absolute atomic E-state index is 14.7. The minimum Gasteiger partial charge on any atom is -0.497 e. The molecule has 0 spiro atoms. The molecule has 0 N–H and O–H groups in total. The van der Waals surface area contributed by atoms with Crippen LogP contribution < -0.4 is 14.2 Å². The molecule has 0 fully saturated rings. The monoisotopic (exact) mass is 429 g/mol. The molecule has 160 valence electrons. The summed E-state index contributed by atoms with van der Waals surface area (Å²) in [7, 11) is 3.09. The van der Waals surface area contributed by atoms with Gasteiger partial charge in [0.15, 0.2) is 11.6 Å². The minimum absolute atomic E-state index is 0.166. The lowest BCUT2D eigenvalue weighted by Crippen LogP contribution is -2.00. The molecule has 0 saturated carbocycles. The lowest BCUT2D eigenvalue weighted by molar-refractivity contribution is 0.290. The van der Waals surface area contributed by atoms with E-state index in [0.29, 0.717) is 34.5 Å². The third kappa shape index (κ3) is 4.44. The second kappa shape index (κ2) is 9.31. The average molecular weight is 429 g/mol. The Morgan fingerprint density at radius 2 is 1.75 bits per heavy atom. The van der Waals surface area contributed by atoms with Gasteiger partial charge in [0.1, 0.15) is 23.9 Å². The Morgan fingerprint density at radius 1 is 0.969 bits per heavy atom. The fourth-order valence-electron chi connectivity index (χ4n) is 3.35. The van der Waals surface area contributed by atoms with E-state index in [2.05, 4.69) is 16.0 Å². The van der Waals surface area contributed by atoms with Gasteiger partial charge in [0.05, 0.1) is 31.5 Å². The number of ether oxygens (including phenoxy) is 3. The highest BCUT2D eigenvalue weighted by atomic mass is 19.1. The number of aromatic nitrogens is 2. The van der Waals surface area contributed by atoms with Crippen LogP contribution >= 0.6 is 0 Å². The maximum atomic E-state index is 14.7. The van der Waals surface area contributed by atoms with Crippen molar-refractivity contribution in [3.63, 3.8) is 0 Å². The number of nitriles is 1. The van der Waals surface area contributed by atoms with Crippen LogP contribution in [0, 0.1) is 17.1 Å². The van der Waals surface area contributed by atoms with Crippen LogP contribution in [-0.4, -0.2) is 24.2 Å². The Kier molecular flexibility index (Phi) is 6.13. The van der Waals surface area contributed by atoms with Gasteiger partial charge in [-0.1, -0.05) is 24.3 Å². The summed E-state index contributed by atoms with van der Waals surface area (Å²) in [6.45, 7) is 0.240. The molecule has 1 aromatic heterocycles. The highest BCUT2D eigenvalue weighted by molar-refractivity contribution is 5.82. The molecule has 0 aliphatic rings. The molecule has 4 aromatic rings. The summed E-state index contributed by atoms with van der Waals surface area (Å²) in [4.78, 5) is 8.62. The van der Waals surface area contributed by atoms with Gasteiger partial charge >= 0.3 is 0 Å². The van der Waals surface area contributed by atoms with E-state index in [1.165, 1.54) is 19.4 Å². The SMILES string of the molecule is COc1ccc(COc2ccc(Cc3ccc4ncc(OC)nc4c3C#N)cc2F)cc1. The van der Waals surface area contributed by atoms with Crippen LogP contribution in [0.2, 0.25) is 0 Å². The normalized spacial score (nSPS) is 10.6. The van der Waals surface area contributed by atoms with Crippen molar-refractivity contribution in [2.75, 3.05) is 14.2 Å². The average Bonchev–Trinajstić information content (AvgIpc) is 2.83. The highest BCUT2D eigenvalue weighted by Crippen LogP contribution is 2.26. The van der Waals surface area contributed by atoms with Gasteiger partial charge in [0, 0.05) is 0 Å². The first-order valence-electron chi connectivity index (χ1n) is 9.88. The van der Waals surface area contributed by atoms with Crippen LogP contribution in [0.3, 0.4) is 0 Å². The zero-order valence-corrected chi connectivity index (χ0v) is 17.6. The Morgan fingerprint density at radius 3 is 2.44 bits per heavy atom. The molecule has 0 radical (unpaired) electrons. The van der Waals surface area contributed by atoms with Gasteiger partial charge in [-0.3, -0.25) is 0 Å². The van der Waals surface area contributed by atoms with Crippen molar-refractivity contribution in [1.82, 2.24) is 9.97 Å². The van der Waals surface area contributed by atoms with Gasteiger partial charge < -0.3 is 14.2 Å². The molecule has 0 amide bonds. The minimum atomic E-state index is -0.461. The summed E-state index contributed by atoms with van der Waals surface area (Å²) in [6.07, 6.45) is 1.87. The quantitative estimate of drug-likeness (QED) is 0.419. The van der Waals surface area contributed by atoms with Crippen molar-refractivity contribution >= 4 is 11.0 Å². The van der Waals surface area contributed by atoms with Gasteiger partial charge in [0.2, 0.25) is 5.88 Å². The number of benzene rings is 3. The maximum Gasteiger partial charge on any atom is 0.232 e. The van der Waals surface area contributed by atoms with Gasteiger partial charge in [-0.2, -0.15) is 5.26 Å². The molecule has 0 unspecified atom stereocenters. The summed E-state index contributed by atoms with van der Waals surface area (Å²) in [5, 5.41) is 9.71. The lowest BCUT2D eigenvalue weighted by Gasteiger charge is -2.11. The van der Waals surface area contributed by atoms with E-state index < -0.39 is 5.82 Å². The molecule has 0 bridgehead atoms. The molecule has 0 saturated heterocycles. The van der Waals surface area contributed by atoms with Crippen molar-refractivity contribution in [2.45, 2.75) is 13.0 Å². The van der Waals surface area contributed by atoms with E-state index in [0.717, 1.165) is 16.9 Å². The van der Waals surface area contributed by atoms with Gasteiger partial charge in [0.25, 0.3) is 0 Å². The van der Waals surface area contributed by atoms with Crippen molar-refractivity contribution < 1.29 is 18.6 Å². The number of rotatable bonds is 7. The lowest BCUT2D eigenvalue weighted by atomic mass is 9.99. The van der Waals surface area contributed by atoms with Crippen molar-refractivity contribution in [3.8, 4) is 23.4 Å². The number of halogens is 1. The fourth-order valence-corrected chi connectivity index (χ4v) is 3.35. The third-order valence-corrected chi connectivity index (χ3v) is 5.04. The molecule has 6 nitrogen and oxygen atoms in total.